The van der Waals surface area contributed by atoms with Gasteiger partial charge in [0, 0.05) is 26.3 Å². The van der Waals surface area contributed by atoms with Crippen molar-refractivity contribution in [1.29, 1.82) is 0 Å². The third-order valence-corrected chi connectivity index (χ3v) is 2.55. The van der Waals surface area contributed by atoms with Crippen LogP contribution < -0.4 is 5.32 Å². The zero-order chi connectivity index (χ0) is 12.4. The summed E-state index contributed by atoms with van der Waals surface area (Å²) in [5.74, 6) is -0.392. The number of nitrogens with one attached hydrogen (secondary N) is 1. The van der Waals surface area contributed by atoms with Crippen molar-refractivity contribution in [3.8, 4) is 0 Å². The first kappa shape index (κ1) is 11.8. The fourth-order valence-electron chi connectivity index (χ4n) is 1.85. The van der Waals surface area contributed by atoms with E-state index in [-0.39, 0.29) is 18.0 Å². The monoisotopic (exact) mass is 241 g/mol. The van der Waals surface area contributed by atoms with Gasteiger partial charge in [-0.15, -0.1) is 0 Å². The van der Waals surface area contributed by atoms with Crippen molar-refractivity contribution in [3.05, 3.63) is 23.7 Å². The second-order valence-electron chi connectivity index (χ2n) is 3.94. The van der Waals surface area contributed by atoms with Crippen LogP contribution in [0.4, 0.5) is 8.78 Å². The van der Waals surface area contributed by atoms with Gasteiger partial charge in [0.05, 0.1) is 0 Å². The van der Waals surface area contributed by atoms with Crippen LogP contribution in [-0.4, -0.2) is 29.5 Å². The molecule has 2 rings (SSSR count). The van der Waals surface area contributed by atoms with Crippen molar-refractivity contribution < 1.29 is 13.6 Å². The number of hydrogen-bond donors (Lipinski definition) is 1. The molecule has 2 aliphatic rings. The summed E-state index contributed by atoms with van der Waals surface area (Å²) < 4.78 is 27.1. The minimum absolute atomic E-state index is 0.0483. The number of alkyl halides is 1. The maximum absolute atomic E-state index is 13.6. The van der Waals surface area contributed by atoms with E-state index >= 15 is 0 Å². The lowest BCUT2D eigenvalue weighted by molar-refractivity contribution is -0.117. The van der Waals surface area contributed by atoms with E-state index in [1.165, 1.54) is 24.1 Å². The molecule has 1 unspecified atom stereocenters. The van der Waals surface area contributed by atoms with Gasteiger partial charge in [0.25, 0.3) is 0 Å². The molecule has 1 N–H and O–H groups in total. The van der Waals surface area contributed by atoms with Crippen LogP contribution >= 0.6 is 0 Å². The Hall–Kier alpha value is -1.72. The van der Waals surface area contributed by atoms with E-state index in [2.05, 4.69) is 10.4 Å². The SMILES string of the molecule is CC(=O)NC1=NN(C2=C(F)C=CCC2F)CC1. The van der Waals surface area contributed by atoms with Crippen molar-refractivity contribution in [2.45, 2.75) is 25.9 Å². The van der Waals surface area contributed by atoms with Crippen LogP contribution in [0.2, 0.25) is 0 Å². The van der Waals surface area contributed by atoms with Crippen molar-refractivity contribution in [3.63, 3.8) is 0 Å². The number of carbonyl (C=O) groups excluding carboxylic acids is 1. The van der Waals surface area contributed by atoms with Gasteiger partial charge in [0.15, 0.2) is 0 Å². The van der Waals surface area contributed by atoms with E-state index in [0.717, 1.165) is 0 Å². The van der Waals surface area contributed by atoms with E-state index in [1.807, 2.05) is 0 Å². The van der Waals surface area contributed by atoms with Gasteiger partial charge in [-0.2, -0.15) is 5.10 Å². The van der Waals surface area contributed by atoms with E-state index in [9.17, 15) is 13.6 Å². The Morgan fingerprint density at radius 1 is 1.65 bits per heavy atom. The number of amidine groups is 1. The summed E-state index contributed by atoms with van der Waals surface area (Å²) in [6.45, 7) is 1.75. The molecule has 4 nitrogen and oxygen atoms in total. The molecule has 1 atom stereocenters. The van der Waals surface area contributed by atoms with Crippen molar-refractivity contribution >= 4 is 11.7 Å². The summed E-state index contributed by atoms with van der Waals surface area (Å²) in [4.78, 5) is 10.8. The molecule has 0 saturated heterocycles. The molecule has 0 spiro atoms. The van der Waals surface area contributed by atoms with E-state index < -0.39 is 12.0 Å². The number of carbonyl (C=O) groups is 1. The van der Waals surface area contributed by atoms with Crippen LogP contribution in [0.3, 0.4) is 0 Å². The van der Waals surface area contributed by atoms with Crippen LogP contribution in [-0.2, 0) is 4.79 Å². The summed E-state index contributed by atoms with van der Waals surface area (Å²) in [6, 6.07) is 0. The minimum atomic E-state index is -1.37. The highest BCUT2D eigenvalue weighted by Crippen LogP contribution is 2.28. The van der Waals surface area contributed by atoms with Gasteiger partial charge in [-0.3, -0.25) is 9.80 Å². The summed E-state index contributed by atoms with van der Waals surface area (Å²) >= 11 is 0. The Labute approximate surface area is 97.7 Å². The van der Waals surface area contributed by atoms with E-state index in [4.69, 9.17) is 0 Å². The Kier molecular flexibility index (Phi) is 3.21. The molecule has 0 bridgehead atoms. The molecule has 0 radical (unpaired) electrons. The van der Waals surface area contributed by atoms with Crippen LogP contribution in [0.1, 0.15) is 19.8 Å². The molecule has 6 heteroatoms. The lowest BCUT2D eigenvalue weighted by atomic mass is 10.1. The molecule has 92 valence electrons. The van der Waals surface area contributed by atoms with Gasteiger partial charge >= 0.3 is 0 Å². The van der Waals surface area contributed by atoms with Gasteiger partial charge in [0.2, 0.25) is 5.91 Å². The third-order valence-electron chi connectivity index (χ3n) is 2.55. The van der Waals surface area contributed by atoms with E-state index in [0.29, 0.717) is 18.8 Å². The fraction of sp³-hybridized carbons (Fsp3) is 0.455. The predicted octanol–water partition coefficient (Wildman–Crippen LogP) is 1.62. The van der Waals surface area contributed by atoms with Gasteiger partial charge < -0.3 is 5.32 Å². The number of rotatable bonds is 1. The maximum atomic E-state index is 13.6. The molecular formula is C11H13F2N3O. The Morgan fingerprint density at radius 3 is 3.06 bits per heavy atom. The second kappa shape index (κ2) is 4.65. The molecule has 1 aliphatic carbocycles. The van der Waals surface area contributed by atoms with Crippen molar-refractivity contribution in [2.75, 3.05) is 6.54 Å². The maximum Gasteiger partial charge on any atom is 0.222 e. The molecule has 0 aromatic heterocycles. The summed E-state index contributed by atoms with van der Waals surface area (Å²) in [6.07, 6.45) is 1.97. The van der Waals surface area contributed by atoms with E-state index in [1.54, 1.807) is 0 Å². The van der Waals surface area contributed by atoms with Crippen LogP contribution in [0.25, 0.3) is 0 Å². The largest absolute Gasteiger partial charge is 0.313 e. The van der Waals surface area contributed by atoms with Gasteiger partial charge in [-0.05, 0) is 6.08 Å². The number of amides is 1. The smallest absolute Gasteiger partial charge is 0.222 e. The first-order chi connectivity index (χ1) is 8.08. The molecular weight excluding hydrogens is 228 g/mol. The number of hydrogen-bond acceptors (Lipinski definition) is 3. The Balaban J connectivity index is 2.16. The topological polar surface area (TPSA) is 44.7 Å². The number of hydrazone groups is 1. The zero-order valence-corrected chi connectivity index (χ0v) is 9.41. The molecule has 1 aliphatic heterocycles. The quantitative estimate of drug-likeness (QED) is 0.758. The highest BCUT2D eigenvalue weighted by Gasteiger charge is 2.28. The second-order valence-corrected chi connectivity index (χ2v) is 3.94. The average Bonchev–Trinajstić information content (AvgIpc) is 2.65. The molecule has 1 amide bonds. The fourth-order valence-corrected chi connectivity index (χ4v) is 1.85. The molecule has 0 aromatic carbocycles. The highest BCUT2D eigenvalue weighted by molar-refractivity contribution is 5.97. The normalized spacial score (nSPS) is 24.1. The van der Waals surface area contributed by atoms with Gasteiger partial charge in [0.1, 0.15) is 23.5 Å². The Bertz CT molecular complexity index is 428. The third kappa shape index (κ3) is 2.51. The minimum Gasteiger partial charge on any atom is -0.313 e. The number of allylic oxidation sites excluding steroid dienone is 4. The molecule has 17 heavy (non-hydrogen) atoms. The average molecular weight is 241 g/mol. The molecule has 0 fully saturated rings. The van der Waals surface area contributed by atoms with Crippen LogP contribution in [0.15, 0.2) is 28.8 Å². The zero-order valence-electron chi connectivity index (χ0n) is 9.41. The molecule has 0 aromatic rings. The first-order valence-electron chi connectivity index (χ1n) is 5.41. The van der Waals surface area contributed by atoms with Crippen LogP contribution in [0.5, 0.6) is 0 Å². The van der Waals surface area contributed by atoms with Crippen molar-refractivity contribution in [1.82, 2.24) is 10.3 Å². The number of halogens is 2. The predicted molar refractivity (Wildman–Crippen MR) is 59.4 cm³/mol. The standard InChI is InChI=1S/C11H13F2N3O/c1-7(17)14-10-5-6-16(15-10)11-8(12)3-2-4-9(11)13/h2-3,9H,4-6H2,1H3,(H,14,15,17). The van der Waals surface area contributed by atoms with Gasteiger partial charge in [-0.1, -0.05) is 6.08 Å². The lowest BCUT2D eigenvalue weighted by Gasteiger charge is -2.22. The molecule has 1 heterocycles. The van der Waals surface area contributed by atoms with Crippen molar-refractivity contribution in [2.24, 2.45) is 5.10 Å². The lowest BCUT2D eigenvalue weighted by Crippen LogP contribution is -2.26. The summed E-state index contributed by atoms with van der Waals surface area (Å²) in [5.41, 5.74) is -0.0483. The molecule has 0 saturated carbocycles. The summed E-state index contributed by atoms with van der Waals surface area (Å²) in [7, 11) is 0. The highest BCUT2D eigenvalue weighted by atomic mass is 19.1. The number of nitrogens with zero attached hydrogens (tertiary/aromatic N) is 2. The van der Waals surface area contributed by atoms with Crippen LogP contribution in [0, 0.1) is 0 Å². The van der Waals surface area contributed by atoms with Gasteiger partial charge in [-0.25, -0.2) is 8.78 Å². The first-order valence-corrected chi connectivity index (χ1v) is 5.41. The summed E-state index contributed by atoms with van der Waals surface area (Å²) in [5, 5.41) is 7.81. The Morgan fingerprint density at radius 2 is 2.41 bits per heavy atom.